The summed E-state index contributed by atoms with van der Waals surface area (Å²) in [4.78, 5) is 15.0. The molecule has 0 spiro atoms. The van der Waals surface area contributed by atoms with Gasteiger partial charge in [0, 0.05) is 24.2 Å². The minimum atomic E-state index is -0.391. The molecule has 30 heavy (non-hydrogen) atoms. The number of hydrogen-bond donors (Lipinski definition) is 1. The Labute approximate surface area is 179 Å². The number of para-hydroxylation sites is 1. The zero-order chi connectivity index (χ0) is 21.3. The SMILES string of the molecule is COc1ccc(Cl)cc1N1CCC(NC(=O)c2cnn(-c3ccccc3F)c2C)C1. The summed E-state index contributed by atoms with van der Waals surface area (Å²) in [5, 5.41) is 7.91. The van der Waals surface area contributed by atoms with Crippen LogP contribution < -0.4 is 15.0 Å². The van der Waals surface area contributed by atoms with Crippen molar-refractivity contribution in [1.29, 1.82) is 0 Å². The molecular formula is C22H22ClFN4O2. The number of carbonyl (C=O) groups excluding carboxylic acids is 1. The number of anilines is 1. The molecule has 1 fully saturated rings. The lowest BCUT2D eigenvalue weighted by atomic mass is 10.2. The predicted molar refractivity (Wildman–Crippen MR) is 114 cm³/mol. The van der Waals surface area contributed by atoms with E-state index < -0.39 is 5.82 Å². The molecule has 2 aromatic carbocycles. The van der Waals surface area contributed by atoms with Crippen LogP contribution in [-0.4, -0.2) is 41.9 Å². The molecule has 0 aliphatic carbocycles. The number of halogens is 2. The average molecular weight is 429 g/mol. The summed E-state index contributed by atoms with van der Waals surface area (Å²) in [6, 6.07) is 11.8. The number of carbonyl (C=O) groups is 1. The maximum Gasteiger partial charge on any atom is 0.255 e. The van der Waals surface area contributed by atoms with Crippen LogP contribution in [0.1, 0.15) is 22.5 Å². The van der Waals surface area contributed by atoms with Crippen molar-refractivity contribution < 1.29 is 13.9 Å². The number of nitrogens with one attached hydrogen (secondary N) is 1. The largest absolute Gasteiger partial charge is 0.495 e. The molecular weight excluding hydrogens is 407 g/mol. The molecule has 156 valence electrons. The molecule has 4 rings (SSSR count). The second kappa shape index (κ2) is 8.36. The van der Waals surface area contributed by atoms with E-state index in [2.05, 4.69) is 15.3 Å². The third kappa shape index (κ3) is 3.85. The van der Waals surface area contributed by atoms with Gasteiger partial charge in [0.25, 0.3) is 5.91 Å². The van der Waals surface area contributed by atoms with E-state index in [0.717, 1.165) is 24.4 Å². The van der Waals surface area contributed by atoms with Crippen LogP contribution in [0.2, 0.25) is 5.02 Å². The molecule has 3 aromatic rings. The first-order valence-corrected chi connectivity index (χ1v) is 10.0. The fourth-order valence-electron chi connectivity index (χ4n) is 3.77. The molecule has 1 atom stereocenters. The molecule has 1 aromatic heterocycles. The minimum absolute atomic E-state index is 0.0302. The smallest absolute Gasteiger partial charge is 0.255 e. The summed E-state index contributed by atoms with van der Waals surface area (Å²) in [7, 11) is 1.62. The van der Waals surface area contributed by atoms with Gasteiger partial charge in [-0.15, -0.1) is 0 Å². The fourth-order valence-corrected chi connectivity index (χ4v) is 3.94. The van der Waals surface area contributed by atoms with E-state index in [1.807, 2.05) is 12.1 Å². The second-order valence-electron chi connectivity index (χ2n) is 7.23. The van der Waals surface area contributed by atoms with Crippen LogP contribution in [0.15, 0.2) is 48.7 Å². The second-order valence-corrected chi connectivity index (χ2v) is 7.66. The molecule has 0 radical (unpaired) electrons. The molecule has 1 N–H and O–H groups in total. The number of amides is 1. The number of benzene rings is 2. The summed E-state index contributed by atoms with van der Waals surface area (Å²) in [5.74, 6) is 0.131. The first-order chi connectivity index (χ1) is 14.5. The fraction of sp³-hybridized carbons (Fsp3) is 0.273. The maximum atomic E-state index is 14.1. The van der Waals surface area contributed by atoms with Gasteiger partial charge in [-0.1, -0.05) is 23.7 Å². The van der Waals surface area contributed by atoms with Gasteiger partial charge in [0.1, 0.15) is 17.3 Å². The Morgan fingerprint density at radius 1 is 1.27 bits per heavy atom. The van der Waals surface area contributed by atoms with Gasteiger partial charge in [0.2, 0.25) is 0 Å². The predicted octanol–water partition coefficient (Wildman–Crippen LogP) is 3.99. The van der Waals surface area contributed by atoms with Crippen LogP contribution >= 0.6 is 11.6 Å². The van der Waals surface area contributed by atoms with Crippen LogP contribution in [0, 0.1) is 12.7 Å². The Balaban J connectivity index is 1.47. The van der Waals surface area contributed by atoms with E-state index in [0.29, 0.717) is 28.5 Å². The van der Waals surface area contributed by atoms with Gasteiger partial charge in [-0.3, -0.25) is 4.79 Å². The van der Waals surface area contributed by atoms with E-state index in [9.17, 15) is 9.18 Å². The maximum absolute atomic E-state index is 14.1. The summed E-state index contributed by atoms with van der Waals surface area (Å²) >= 11 is 6.15. The van der Waals surface area contributed by atoms with Crippen molar-refractivity contribution in [1.82, 2.24) is 15.1 Å². The quantitative estimate of drug-likeness (QED) is 0.667. The van der Waals surface area contributed by atoms with Crippen molar-refractivity contribution in [3.63, 3.8) is 0 Å². The van der Waals surface area contributed by atoms with Crippen molar-refractivity contribution in [3.8, 4) is 11.4 Å². The summed E-state index contributed by atoms with van der Waals surface area (Å²) < 4.78 is 21.0. The molecule has 1 aliphatic rings. The lowest BCUT2D eigenvalue weighted by Crippen LogP contribution is -2.37. The molecule has 1 unspecified atom stereocenters. The first-order valence-electron chi connectivity index (χ1n) is 9.67. The lowest BCUT2D eigenvalue weighted by Gasteiger charge is -2.21. The third-order valence-electron chi connectivity index (χ3n) is 5.34. The van der Waals surface area contributed by atoms with Crippen molar-refractivity contribution >= 4 is 23.2 Å². The van der Waals surface area contributed by atoms with Crippen molar-refractivity contribution in [2.24, 2.45) is 0 Å². The zero-order valence-electron chi connectivity index (χ0n) is 16.7. The highest BCUT2D eigenvalue weighted by atomic mass is 35.5. The molecule has 6 nitrogen and oxygen atoms in total. The molecule has 8 heteroatoms. The van der Waals surface area contributed by atoms with Gasteiger partial charge in [-0.2, -0.15) is 5.10 Å². The number of ether oxygens (including phenoxy) is 1. The Morgan fingerprint density at radius 3 is 2.83 bits per heavy atom. The van der Waals surface area contributed by atoms with Crippen molar-refractivity contribution in [3.05, 3.63) is 70.8 Å². The van der Waals surface area contributed by atoms with Crippen molar-refractivity contribution in [2.75, 3.05) is 25.1 Å². The van der Waals surface area contributed by atoms with Crippen LogP contribution in [0.5, 0.6) is 5.75 Å². The van der Waals surface area contributed by atoms with E-state index in [1.165, 1.54) is 16.9 Å². The molecule has 1 saturated heterocycles. The monoisotopic (exact) mass is 428 g/mol. The van der Waals surface area contributed by atoms with Crippen LogP contribution in [0.4, 0.5) is 10.1 Å². The standard InChI is InChI=1S/C22H22ClFN4O2/c1-14-17(12-25-28(14)19-6-4-3-5-18(19)24)22(29)26-16-9-10-27(13-16)20-11-15(23)7-8-21(20)30-2/h3-8,11-12,16H,9-10,13H2,1-2H3,(H,26,29). The Kier molecular flexibility index (Phi) is 5.63. The summed E-state index contributed by atoms with van der Waals surface area (Å²) in [6.45, 7) is 3.17. The molecule has 2 heterocycles. The van der Waals surface area contributed by atoms with Gasteiger partial charge in [-0.25, -0.2) is 9.07 Å². The van der Waals surface area contributed by atoms with Gasteiger partial charge in [-0.05, 0) is 43.7 Å². The first kappa shape index (κ1) is 20.2. The van der Waals surface area contributed by atoms with E-state index in [-0.39, 0.29) is 11.9 Å². The van der Waals surface area contributed by atoms with Gasteiger partial charge in [0.05, 0.1) is 30.3 Å². The summed E-state index contributed by atoms with van der Waals surface area (Å²) in [5.41, 5.74) is 2.24. The normalized spacial score (nSPS) is 16.0. The summed E-state index contributed by atoms with van der Waals surface area (Å²) in [6.07, 6.45) is 2.27. The van der Waals surface area contributed by atoms with E-state index in [4.69, 9.17) is 16.3 Å². The Bertz CT molecular complexity index is 1080. The Hall–Kier alpha value is -3.06. The van der Waals surface area contributed by atoms with Gasteiger partial charge < -0.3 is 15.0 Å². The zero-order valence-corrected chi connectivity index (χ0v) is 17.5. The average Bonchev–Trinajstić information content (AvgIpc) is 3.35. The number of methoxy groups -OCH3 is 1. The molecule has 1 amide bonds. The number of rotatable bonds is 5. The van der Waals surface area contributed by atoms with Gasteiger partial charge in [0.15, 0.2) is 0 Å². The van der Waals surface area contributed by atoms with Crippen molar-refractivity contribution in [2.45, 2.75) is 19.4 Å². The van der Waals surface area contributed by atoms with Gasteiger partial charge >= 0.3 is 0 Å². The number of aromatic nitrogens is 2. The molecule has 0 bridgehead atoms. The highest BCUT2D eigenvalue weighted by Crippen LogP contribution is 2.33. The highest BCUT2D eigenvalue weighted by Gasteiger charge is 2.27. The lowest BCUT2D eigenvalue weighted by molar-refractivity contribution is 0.0939. The minimum Gasteiger partial charge on any atom is -0.495 e. The van der Waals surface area contributed by atoms with Crippen LogP contribution in [0.25, 0.3) is 5.69 Å². The van der Waals surface area contributed by atoms with Crippen LogP contribution in [-0.2, 0) is 0 Å². The van der Waals surface area contributed by atoms with E-state index >= 15 is 0 Å². The Morgan fingerprint density at radius 2 is 2.07 bits per heavy atom. The van der Waals surface area contributed by atoms with E-state index in [1.54, 1.807) is 38.3 Å². The topological polar surface area (TPSA) is 59.4 Å². The number of hydrogen-bond acceptors (Lipinski definition) is 4. The molecule has 1 aliphatic heterocycles. The highest BCUT2D eigenvalue weighted by molar-refractivity contribution is 6.30. The van der Waals surface area contributed by atoms with Crippen LogP contribution in [0.3, 0.4) is 0 Å². The molecule has 0 saturated carbocycles. The number of nitrogens with zero attached hydrogens (tertiary/aromatic N) is 3. The third-order valence-corrected chi connectivity index (χ3v) is 5.58.